The molecule has 92 valence electrons. The number of rotatable bonds is 4. The van der Waals surface area contributed by atoms with Crippen molar-refractivity contribution in [1.29, 1.82) is 0 Å². The third kappa shape index (κ3) is 2.22. The Balaban J connectivity index is 1.45. The van der Waals surface area contributed by atoms with Crippen LogP contribution in [0.2, 0.25) is 0 Å². The van der Waals surface area contributed by atoms with Crippen LogP contribution in [-0.2, 0) is 16.1 Å². The second-order valence-corrected chi connectivity index (χ2v) is 4.93. The number of hydrogen-bond donors (Lipinski definition) is 1. The Morgan fingerprint density at radius 2 is 2.18 bits per heavy atom. The molecule has 2 aliphatic rings. The van der Waals surface area contributed by atoms with Crippen LogP contribution in [0.4, 0.5) is 0 Å². The van der Waals surface area contributed by atoms with E-state index >= 15 is 0 Å². The van der Waals surface area contributed by atoms with Gasteiger partial charge in [-0.05, 0) is 31.4 Å². The molecule has 3 atom stereocenters. The number of fused-ring (bicyclic) bond motifs is 2. The van der Waals surface area contributed by atoms with Crippen molar-refractivity contribution in [3.05, 3.63) is 24.5 Å². The lowest BCUT2D eigenvalue weighted by molar-refractivity contribution is -0.126. The molecule has 2 fully saturated rings. The normalized spacial score (nSPS) is 30.7. The summed E-state index contributed by atoms with van der Waals surface area (Å²) in [6.45, 7) is 1.53. The van der Waals surface area contributed by atoms with Crippen molar-refractivity contribution in [3.63, 3.8) is 0 Å². The van der Waals surface area contributed by atoms with Crippen LogP contribution in [0.5, 0.6) is 0 Å². The summed E-state index contributed by atoms with van der Waals surface area (Å²) in [5, 5.41) is 3.01. The van der Waals surface area contributed by atoms with E-state index in [1.807, 2.05) is 24.5 Å². The zero-order chi connectivity index (χ0) is 11.7. The van der Waals surface area contributed by atoms with Crippen molar-refractivity contribution >= 4 is 5.91 Å². The van der Waals surface area contributed by atoms with Gasteiger partial charge in [0.15, 0.2) is 0 Å². The number of carbonyl (C=O) groups excluding carboxylic acids is 1. The third-order valence-electron chi connectivity index (χ3n) is 3.78. The Bertz CT molecular complexity index is 388. The molecule has 1 aromatic rings. The second-order valence-electron chi connectivity index (χ2n) is 4.93. The quantitative estimate of drug-likeness (QED) is 0.850. The van der Waals surface area contributed by atoms with Crippen molar-refractivity contribution in [2.24, 2.45) is 5.92 Å². The number of aromatic nitrogens is 1. The number of hydrogen-bond acceptors (Lipinski definition) is 2. The first-order chi connectivity index (χ1) is 8.33. The third-order valence-corrected chi connectivity index (χ3v) is 3.78. The lowest BCUT2D eigenvalue weighted by Gasteiger charge is -2.18. The van der Waals surface area contributed by atoms with Crippen LogP contribution in [0.1, 0.15) is 19.3 Å². The minimum atomic E-state index is 0.0958. The molecule has 2 aliphatic heterocycles. The highest BCUT2D eigenvalue weighted by molar-refractivity contribution is 5.79. The Morgan fingerprint density at radius 1 is 1.35 bits per heavy atom. The smallest absolute Gasteiger partial charge is 0.225 e. The molecule has 1 aromatic heterocycles. The molecule has 2 bridgehead atoms. The molecule has 0 radical (unpaired) electrons. The van der Waals surface area contributed by atoms with Gasteiger partial charge in [-0.2, -0.15) is 0 Å². The topological polar surface area (TPSA) is 43.3 Å². The Kier molecular flexibility index (Phi) is 2.89. The van der Waals surface area contributed by atoms with Crippen LogP contribution in [0.25, 0.3) is 0 Å². The summed E-state index contributed by atoms with van der Waals surface area (Å²) >= 11 is 0. The van der Waals surface area contributed by atoms with Crippen LogP contribution in [0.3, 0.4) is 0 Å². The standard InChI is InChI=1S/C13H18N2O2/c16-13(11-9-10-3-4-12(11)17-10)14-5-8-15-6-1-2-7-15/h1-2,6-7,10-12H,3-5,8-9H2,(H,14,16). The average molecular weight is 234 g/mol. The van der Waals surface area contributed by atoms with E-state index in [0.29, 0.717) is 12.6 Å². The molecule has 1 N–H and O–H groups in total. The number of nitrogens with one attached hydrogen (secondary N) is 1. The fourth-order valence-corrected chi connectivity index (χ4v) is 2.87. The maximum atomic E-state index is 12.0. The summed E-state index contributed by atoms with van der Waals surface area (Å²) in [5.74, 6) is 0.266. The van der Waals surface area contributed by atoms with E-state index in [9.17, 15) is 4.79 Å². The van der Waals surface area contributed by atoms with Crippen LogP contribution in [0, 0.1) is 5.92 Å². The Hall–Kier alpha value is -1.29. The SMILES string of the molecule is O=C(NCCn1cccc1)C1CC2CCC1O2. The first-order valence-electron chi connectivity index (χ1n) is 6.37. The molecule has 3 unspecified atom stereocenters. The lowest BCUT2D eigenvalue weighted by Crippen LogP contribution is -2.37. The van der Waals surface area contributed by atoms with Crippen LogP contribution >= 0.6 is 0 Å². The fourth-order valence-electron chi connectivity index (χ4n) is 2.87. The number of nitrogens with zero attached hydrogens (tertiary/aromatic N) is 1. The zero-order valence-corrected chi connectivity index (χ0v) is 9.84. The predicted molar refractivity (Wildman–Crippen MR) is 63.4 cm³/mol. The summed E-state index contributed by atoms with van der Waals surface area (Å²) in [7, 11) is 0. The van der Waals surface area contributed by atoms with E-state index in [1.54, 1.807) is 0 Å². The van der Waals surface area contributed by atoms with E-state index in [1.165, 1.54) is 0 Å². The van der Waals surface area contributed by atoms with Gasteiger partial charge in [-0.15, -0.1) is 0 Å². The van der Waals surface area contributed by atoms with Gasteiger partial charge in [-0.3, -0.25) is 4.79 Å². The summed E-state index contributed by atoms with van der Waals surface area (Å²) in [5.41, 5.74) is 0. The fraction of sp³-hybridized carbons (Fsp3) is 0.615. The second kappa shape index (κ2) is 4.53. The molecule has 3 heterocycles. The molecule has 4 nitrogen and oxygen atoms in total. The van der Waals surface area contributed by atoms with Gasteiger partial charge in [0.05, 0.1) is 18.1 Å². The van der Waals surface area contributed by atoms with Gasteiger partial charge in [0, 0.05) is 25.5 Å². The van der Waals surface area contributed by atoms with Gasteiger partial charge in [-0.25, -0.2) is 0 Å². The molecule has 0 aromatic carbocycles. The molecule has 0 spiro atoms. The highest BCUT2D eigenvalue weighted by Gasteiger charge is 2.44. The number of carbonyl (C=O) groups is 1. The molecular formula is C13H18N2O2. The first-order valence-corrected chi connectivity index (χ1v) is 6.37. The molecule has 0 aliphatic carbocycles. The molecule has 3 rings (SSSR count). The van der Waals surface area contributed by atoms with E-state index < -0.39 is 0 Å². The Labute approximate surface area is 101 Å². The number of amides is 1. The van der Waals surface area contributed by atoms with Crippen molar-refractivity contribution in [1.82, 2.24) is 9.88 Å². The Morgan fingerprint density at radius 3 is 2.82 bits per heavy atom. The van der Waals surface area contributed by atoms with Crippen molar-refractivity contribution in [2.75, 3.05) is 6.54 Å². The molecule has 4 heteroatoms. The van der Waals surface area contributed by atoms with Crippen molar-refractivity contribution in [3.8, 4) is 0 Å². The van der Waals surface area contributed by atoms with Crippen molar-refractivity contribution in [2.45, 2.75) is 38.0 Å². The van der Waals surface area contributed by atoms with E-state index in [2.05, 4.69) is 9.88 Å². The van der Waals surface area contributed by atoms with E-state index in [0.717, 1.165) is 25.8 Å². The molecular weight excluding hydrogens is 216 g/mol. The maximum absolute atomic E-state index is 12.0. The van der Waals surface area contributed by atoms with Gasteiger partial charge in [0.1, 0.15) is 0 Å². The average Bonchev–Trinajstić information content (AvgIpc) is 3.05. The van der Waals surface area contributed by atoms with Crippen LogP contribution in [0.15, 0.2) is 24.5 Å². The first kappa shape index (κ1) is 10.8. The largest absolute Gasteiger partial charge is 0.374 e. The van der Waals surface area contributed by atoms with Crippen LogP contribution in [-0.4, -0.2) is 29.2 Å². The lowest BCUT2D eigenvalue weighted by atomic mass is 9.88. The highest BCUT2D eigenvalue weighted by atomic mass is 16.5. The molecule has 1 amide bonds. The van der Waals surface area contributed by atoms with Gasteiger partial charge >= 0.3 is 0 Å². The van der Waals surface area contributed by atoms with Gasteiger partial charge in [0.2, 0.25) is 5.91 Å². The van der Waals surface area contributed by atoms with Gasteiger partial charge in [0.25, 0.3) is 0 Å². The zero-order valence-electron chi connectivity index (χ0n) is 9.84. The molecule has 2 saturated heterocycles. The summed E-state index contributed by atoms with van der Waals surface area (Å²) < 4.78 is 7.76. The monoisotopic (exact) mass is 234 g/mol. The summed E-state index contributed by atoms with van der Waals surface area (Å²) in [4.78, 5) is 12.0. The predicted octanol–water partition coefficient (Wildman–Crippen LogP) is 1.17. The highest BCUT2D eigenvalue weighted by Crippen LogP contribution is 2.38. The van der Waals surface area contributed by atoms with Crippen LogP contribution < -0.4 is 5.32 Å². The maximum Gasteiger partial charge on any atom is 0.225 e. The minimum Gasteiger partial charge on any atom is -0.374 e. The van der Waals surface area contributed by atoms with Gasteiger partial charge in [-0.1, -0.05) is 0 Å². The summed E-state index contributed by atoms with van der Waals surface area (Å²) in [6.07, 6.45) is 7.66. The minimum absolute atomic E-state index is 0.0958. The summed E-state index contributed by atoms with van der Waals surface area (Å²) in [6, 6.07) is 3.98. The van der Waals surface area contributed by atoms with Crippen molar-refractivity contribution < 1.29 is 9.53 Å². The van der Waals surface area contributed by atoms with E-state index in [4.69, 9.17) is 4.74 Å². The molecule has 17 heavy (non-hydrogen) atoms. The molecule has 0 saturated carbocycles. The number of ether oxygens (including phenoxy) is 1. The van der Waals surface area contributed by atoms with E-state index in [-0.39, 0.29) is 17.9 Å². The van der Waals surface area contributed by atoms with Gasteiger partial charge < -0.3 is 14.6 Å².